The molecule has 0 radical (unpaired) electrons. The van der Waals surface area contributed by atoms with Crippen LogP contribution in [-0.2, 0) is 5.67 Å². The van der Waals surface area contributed by atoms with Crippen molar-refractivity contribution in [3.63, 3.8) is 0 Å². The molecule has 0 aromatic heterocycles. The Morgan fingerprint density at radius 2 is 1.24 bits per heavy atom. The van der Waals surface area contributed by atoms with Crippen LogP contribution in [0, 0.1) is 0 Å². The fourth-order valence-corrected chi connectivity index (χ4v) is 2.05. The number of rotatable bonds is 3. The van der Waals surface area contributed by atoms with Crippen LogP contribution in [0.4, 0.5) is 4.39 Å². The molecule has 0 aliphatic carbocycles. The normalized spacial score (nSPS) is 13.4. The Labute approximate surface area is 101 Å². The average molecular weight is 229 g/mol. The topological polar surface area (TPSA) is 26.0 Å². The molecule has 0 amide bonds. The van der Waals surface area contributed by atoms with E-state index in [4.69, 9.17) is 5.73 Å². The second-order valence-corrected chi connectivity index (χ2v) is 4.23. The zero-order valence-corrected chi connectivity index (χ0v) is 9.81. The van der Waals surface area contributed by atoms with Crippen molar-refractivity contribution in [1.29, 1.82) is 0 Å². The van der Waals surface area contributed by atoms with Crippen molar-refractivity contribution < 1.29 is 4.39 Å². The molecular weight excluding hydrogens is 213 g/mol. The summed E-state index contributed by atoms with van der Waals surface area (Å²) in [4.78, 5) is 0. The molecule has 0 spiro atoms. The molecule has 2 aromatic rings. The van der Waals surface area contributed by atoms with Gasteiger partial charge in [0.05, 0.1) is 0 Å². The fourth-order valence-electron chi connectivity index (χ4n) is 2.05. The summed E-state index contributed by atoms with van der Waals surface area (Å²) >= 11 is 0. The van der Waals surface area contributed by atoms with Gasteiger partial charge in [-0.15, -0.1) is 0 Å². The van der Waals surface area contributed by atoms with Gasteiger partial charge in [0.1, 0.15) is 0 Å². The molecule has 2 N–H and O–H groups in total. The Balaban J connectivity index is 2.55. The van der Waals surface area contributed by atoms with Crippen LogP contribution in [0.15, 0.2) is 60.7 Å². The van der Waals surface area contributed by atoms with E-state index in [1.807, 2.05) is 36.4 Å². The van der Waals surface area contributed by atoms with E-state index in [9.17, 15) is 0 Å². The minimum absolute atomic E-state index is 0.598. The lowest BCUT2D eigenvalue weighted by Crippen LogP contribution is -2.40. The Kier molecular flexibility index (Phi) is 3.25. The van der Waals surface area contributed by atoms with Gasteiger partial charge in [0.15, 0.2) is 5.67 Å². The molecule has 2 heteroatoms. The van der Waals surface area contributed by atoms with Gasteiger partial charge in [0.25, 0.3) is 0 Å². The summed E-state index contributed by atoms with van der Waals surface area (Å²) in [7, 11) is 0. The lowest BCUT2D eigenvalue weighted by atomic mass is 9.83. The summed E-state index contributed by atoms with van der Waals surface area (Å²) in [6.45, 7) is 1.69. The maximum atomic E-state index is 15.3. The van der Waals surface area contributed by atoms with Crippen LogP contribution >= 0.6 is 0 Å². The standard InChI is InChI=1S/C15H16FN/c1-12(17)15(16,13-8-4-2-5-9-13)14-10-6-3-7-11-14/h2-12H,17H2,1H3. The smallest absolute Gasteiger partial charge is 0.175 e. The first-order valence-electron chi connectivity index (χ1n) is 5.71. The number of hydrogen-bond acceptors (Lipinski definition) is 1. The van der Waals surface area contributed by atoms with Crippen LogP contribution in [0.2, 0.25) is 0 Å². The van der Waals surface area contributed by atoms with Crippen LogP contribution in [0.1, 0.15) is 18.1 Å². The summed E-state index contributed by atoms with van der Waals surface area (Å²) in [5.41, 5.74) is 5.42. The van der Waals surface area contributed by atoms with Crippen LogP contribution in [0.5, 0.6) is 0 Å². The van der Waals surface area contributed by atoms with Gasteiger partial charge in [-0.05, 0) is 18.1 Å². The Morgan fingerprint density at radius 3 is 1.53 bits per heavy atom. The third-order valence-electron chi connectivity index (χ3n) is 3.02. The molecule has 1 unspecified atom stereocenters. The van der Waals surface area contributed by atoms with Gasteiger partial charge in [0, 0.05) is 6.04 Å². The predicted molar refractivity (Wildman–Crippen MR) is 68.4 cm³/mol. The Hall–Kier alpha value is -1.67. The van der Waals surface area contributed by atoms with Crippen molar-refractivity contribution in [2.24, 2.45) is 5.73 Å². The molecule has 0 aliphatic heterocycles. The van der Waals surface area contributed by atoms with Crippen molar-refractivity contribution in [1.82, 2.24) is 0 Å². The van der Waals surface area contributed by atoms with Crippen LogP contribution < -0.4 is 5.73 Å². The summed E-state index contributed by atoms with van der Waals surface area (Å²) in [5.74, 6) is 0. The van der Waals surface area contributed by atoms with Crippen molar-refractivity contribution in [2.45, 2.75) is 18.6 Å². The Bertz CT molecular complexity index is 425. The molecule has 2 rings (SSSR count). The fraction of sp³-hybridized carbons (Fsp3) is 0.200. The molecule has 88 valence electrons. The Morgan fingerprint density at radius 1 is 0.882 bits per heavy atom. The lowest BCUT2D eigenvalue weighted by Gasteiger charge is -2.30. The van der Waals surface area contributed by atoms with E-state index in [1.165, 1.54) is 0 Å². The molecule has 0 saturated carbocycles. The molecule has 2 aromatic carbocycles. The van der Waals surface area contributed by atoms with Gasteiger partial charge >= 0.3 is 0 Å². The van der Waals surface area contributed by atoms with Crippen LogP contribution in [0.3, 0.4) is 0 Å². The molecular formula is C15H16FN. The first kappa shape index (κ1) is 11.8. The molecule has 0 saturated heterocycles. The summed E-state index contributed by atoms with van der Waals surface area (Å²) < 4.78 is 15.3. The van der Waals surface area contributed by atoms with E-state index in [0.29, 0.717) is 11.1 Å². The monoisotopic (exact) mass is 229 g/mol. The zero-order chi connectivity index (χ0) is 12.3. The van der Waals surface area contributed by atoms with Crippen molar-refractivity contribution >= 4 is 0 Å². The molecule has 0 aliphatic rings. The van der Waals surface area contributed by atoms with E-state index in [-0.39, 0.29) is 0 Å². The minimum atomic E-state index is -1.64. The molecule has 0 heterocycles. The predicted octanol–water partition coefficient (Wildman–Crippen LogP) is 3.25. The van der Waals surface area contributed by atoms with E-state index >= 15 is 4.39 Å². The van der Waals surface area contributed by atoms with Gasteiger partial charge in [-0.3, -0.25) is 0 Å². The highest BCUT2D eigenvalue weighted by atomic mass is 19.1. The van der Waals surface area contributed by atoms with Crippen molar-refractivity contribution in [2.75, 3.05) is 0 Å². The third-order valence-corrected chi connectivity index (χ3v) is 3.02. The van der Waals surface area contributed by atoms with E-state index in [0.717, 1.165) is 0 Å². The maximum absolute atomic E-state index is 15.3. The number of benzene rings is 2. The van der Waals surface area contributed by atoms with Crippen molar-refractivity contribution in [3.8, 4) is 0 Å². The zero-order valence-electron chi connectivity index (χ0n) is 9.81. The highest BCUT2D eigenvalue weighted by Crippen LogP contribution is 2.36. The molecule has 1 nitrogen and oxygen atoms in total. The van der Waals surface area contributed by atoms with E-state index in [2.05, 4.69) is 0 Å². The molecule has 1 atom stereocenters. The van der Waals surface area contributed by atoms with Crippen LogP contribution in [-0.4, -0.2) is 6.04 Å². The van der Waals surface area contributed by atoms with Gasteiger partial charge in [-0.2, -0.15) is 0 Å². The second-order valence-electron chi connectivity index (χ2n) is 4.23. The number of alkyl halides is 1. The first-order valence-corrected chi connectivity index (χ1v) is 5.71. The van der Waals surface area contributed by atoms with Gasteiger partial charge in [-0.1, -0.05) is 60.7 Å². The van der Waals surface area contributed by atoms with Gasteiger partial charge in [-0.25, -0.2) is 4.39 Å². The highest BCUT2D eigenvalue weighted by Gasteiger charge is 2.37. The second kappa shape index (κ2) is 4.68. The molecule has 0 fully saturated rings. The molecule has 0 bridgehead atoms. The largest absolute Gasteiger partial charge is 0.325 e. The van der Waals surface area contributed by atoms with E-state index < -0.39 is 11.7 Å². The van der Waals surface area contributed by atoms with Crippen LogP contribution in [0.25, 0.3) is 0 Å². The number of nitrogens with two attached hydrogens (primary N) is 1. The third kappa shape index (κ3) is 2.08. The first-order chi connectivity index (χ1) is 8.15. The average Bonchev–Trinajstić information content (AvgIpc) is 2.39. The number of halogens is 1. The van der Waals surface area contributed by atoms with E-state index in [1.54, 1.807) is 31.2 Å². The maximum Gasteiger partial charge on any atom is 0.175 e. The van der Waals surface area contributed by atoms with Crippen molar-refractivity contribution in [3.05, 3.63) is 71.8 Å². The van der Waals surface area contributed by atoms with Gasteiger partial charge < -0.3 is 5.73 Å². The summed E-state index contributed by atoms with van der Waals surface area (Å²) in [6, 6.07) is 17.5. The molecule has 17 heavy (non-hydrogen) atoms. The van der Waals surface area contributed by atoms with Gasteiger partial charge in [0.2, 0.25) is 0 Å². The summed E-state index contributed by atoms with van der Waals surface area (Å²) in [5, 5.41) is 0. The SMILES string of the molecule is CC(N)C(F)(c1ccccc1)c1ccccc1. The highest BCUT2D eigenvalue weighted by molar-refractivity contribution is 5.37. The summed E-state index contributed by atoms with van der Waals surface area (Å²) in [6.07, 6.45) is 0. The quantitative estimate of drug-likeness (QED) is 0.859. The lowest BCUT2D eigenvalue weighted by molar-refractivity contribution is 0.185. The number of hydrogen-bond donors (Lipinski definition) is 1. The minimum Gasteiger partial charge on any atom is -0.325 e.